The van der Waals surface area contributed by atoms with Crippen molar-refractivity contribution in [3.05, 3.63) is 0 Å². The van der Waals surface area contributed by atoms with Gasteiger partial charge < -0.3 is 204 Å². The van der Waals surface area contributed by atoms with Gasteiger partial charge in [-0.25, -0.2) is 0 Å². The Hall–Kier alpha value is -3.11. The largest absolute Gasteiger partial charge is 0.394 e. The van der Waals surface area contributed by atoms with Crippen molar-refractivity contribution < 1.29 is 203 Å². The van der Waals surface area contributed by atoms with Gasteiger partial charge in [-0.15, -0.1) is 0 Å². The quantitative estimate of drug-likeness (QED) is 0.0404. The van der Waals surface area contributed by atoms with E-state index in [0.717, 1.165) is 20.8 Å². The van der Waals surface area contributed by atoms with Gasteiger partial charge in [0.1, 0.15) is 195 Å². The summed E-state index contributed by atoms with van der Waals surface area (Å²) in [5.41, 5.74) is 0. The number of carbonyl (C=O) groups is 3. The van der Waals surface area contributed by atoms with Crippen molar-refractivity contribution in [2.45, 2.75) is 266 Å². The van der Waals surface area contributed by atoms with Gasteiger partial charge in [-0.05, 0) is 0 Å². The van der Waals surface area contributed by atoms with Crippen molar-refractivity contribution in [2.24, 2.45) is 0 Å². The van der Waals surface area contributed by atoms with Gasteiger partial charge in [0.15, 0.2) is 50.3 Å². The Morgan fingerprint density at radius 3 is 1.00 bits per heavy atom. The fourth-order valence-corrected chi connectivity index (χ4v) is 12.4. The molecule has 8 aliphatic rings. The molecular weight excluding hydrogens is 1350 g/mol. The predicted molar refractivity (Wildman–Crippen MR) is 299 cm³/mol. The van der Waals surface area contributed by atoms with E-state index in [1.165, 1.54) is 0 Å². The van der Waals surface area contributed by atoms with Gasteiger partial charge in [-0.2, -0.15) is 0 Å². The Kier molecular flexibility index (Phi) is 28.9. The van der Waals surface area contributed by atoms with Gasteiger partial charge >= 0.3 is 0 Å². The van der Waals surface area contributed by atoms with E-state index in [1.807, 2.05) is 0 Å². The third kappa shape index (κ3) is 17.8. The predicted octanol–water partition coefficient (Wildman–Crippen LogP) is -18.0. The molecule has 3 amide bonds. The standard InChI is InChI=1S/C54H91N3O41/c1-12(63)55-23-33(73)43(18(7-61)87-47(23)83)95-49-25(57-14(3)65)34(74)44(19(8-62)91-49)96-53-42(82)45(31(71)22(93-53)11-86-52-41(81)37(77)29(69)20(92-52)9-84-50-39(79)35(75)27(67)16(5-59)89-50)97-54-46(98-48-24(56-13(2)64)32(72)26(66)15(4-58)88-48)38(78)30(70)21(94-54)10-85-51-40(80)36(76)28(68)17(6-60)90-51/h15-54,58-62,66-83H,4-11H2,1-3H3,(H,55,63)(H,56,64)(H,57,65)/t15-,16-,17-,18-,19-,20-,21-,22-,23-,24-,25-,26-,27+,28+,29-,30-,31-,32-,33-,34-,35+,36+,37+,38+,39-,40-,41+,42+,43-,44-,45+,46+,47-,48+,49+,50-,51-,52+,53+,54-/m1/s1. The molecule has 0 saturated carbocycles. The molecule has 0 aromatic carbocycles. The highest BCUT2D eigenvalue weighted by molar-refractivity contribution is 5.74. The number of hydrogen-bond donors (Lipinski definition) is 26. The lowest BCUT2D eigenvalue weighted by Crippen LogP contribution is -2.70. The van der Waals surface area contributed by atoms with Gasteiger partial charge in [0.05, 0.1) is 52.9 Å². The summed E-state index contributed by atoms with van der Waals surface area (Å²) in [5, 5.41) is 259. The maximum Gasteiger partial charge on any atom is 0.217 e. The minimum Gasteiger partial charge on any atom is -0.394 e. The highest BCUT2D eigenvalue weighted by atomic mass is 16.8. The zero-order chi connectivity index (χ0) is 72.2. The van der Waals surface area contributed by atoms with Crippen LogP contribution in [-0.2, 0) is 85.4 Å². The summed E-state index contributed by atoms with van der Waals surface area (Å²) in [7, 11) is 0. The number of amides is 3. The minimum absolute atomic E-state index is 0.769. The zero-order valence-electron chi connectivity index (χ0n) is 52.4. The number of rotatable bonds is 25. The fourth-order valence-electron chi connectivity index (χ4n) is 12.4. The van der Waals surface area contributed by atoms with Gasteiger partial charge in [0, 0.05) is 20.8 Å². The van der Waals surface area contributed by atoms with Crippen molar-refractivity contribution in [3.8, 4) is 0 Å². The molecule has 568 valence electrons. The van der Waals surface area contributed by atoms with Crippen molar-refractivity contribution in [1.29, 1.82) is 0 Å². The molecular formula is C54H91N3O41. The summed E-state index contributed by atoms with van der Waals surface area (Å²) in [6.07, 6.45) is -75.0. The van der Waals surface area contributed by atoms with Crippen molar-refractivity contribution >= 4 is 17.7 Å². The maximum atomic E-state index is 12.9. The third-order valence-corrected chi connectivity index (χ3v) is 17.8. The van der Waals surface area contributed by atoms with Crippen LogP contribution >= 0.6 is 0 Å². The molecule has 8 aliphatic heterocycles. The molecule has 0 radical (unpaired) electrons. The Labute approximate surface area is 554 Å². The SMILES string of the molecule is CC(=O)N[C@@H]1[C@@H](O)[C@H](O[C@@H]2O[C@H](CO)[C@@H](O[C@@H]3O[C@H](CO[C@H]4O[C@H](CO[C@@H]5O[C@H](CO)[C@H](O)[C@H](O)[C@H]5O)[C@@H](O)[C@H](O)[C@@H]4O)[C@@H](O)[C@H](O[C@H]4O[C@H](CO[C@@H]5O[C@H](CO)[C@H](O)[C@H](O)[C@H]5O)[C@@H](O)[C@H](O)[C@@H]4O[C@@H]4O[C@H](CO)[C@@H](O)[C@H](O)[C@H]4NC(C)=O)[C@@H]3O)[C@H](O)[C@H]2NC(C)=O)[C@@H](CO)O[C@H]1O. The second kappa shape index (κ2) is 35.1. The number of aliphatic hydroxyl groups is 23. The topological polar surface area (TPSA) is 691 Å². The van der Waals surface area contributed by atoms with Crippen LogP contribution < -0.4 is 16.0 Å². The second-order valence-corrected chi connectivity index (χ2v) is 24.7. The molecule has 44 nitrogen and oxygen atoms in total. The molecule has 0 aliphatic carbocycles. The van der Waals surface area contributed by atoms with E-state index in [-0.39, 0.29) is 0 Å². The van der Waals surface area contributed by atoms with E-state index in [0.29, 0.717) is 0 Å². The molecule has 44 heteroatoms. The molecule has 40 atom stereocenters. The van der Waals surface area contributed by atoms with E-state index < -0.39 is 316 Å². The van der Waals surface area contributed by atoms with Gasteiger partial charge in [-0.1, -0.05) is 0 Å². The first-order chi connectivity index (χ1) is 46.3. The Morgan fingerprint density at radius 1 is 0.265 bits per heavy atom. The van der Waals surface area contributed by atoms with Gasteiger partial charge in [0.25, 0.3) is 0 Å². The number of ether oxygens (including phenoxy) is 15. The van der Waals surface area contributed by atoms with Crippen LogP contribution in [-0.4, -0.2) is 433 Å². The van der Waals surface area contributed by atoms with Gasteiger partial charge in [-0.3, -0.25) is 14.4 Å². The lowest BCUT2D eigenvalue weighted by Gasteiger charge is -2.51. The number of nitrogens with one attached hydrogen (secondary N) is 3. The summed E-state index contributed by atoms with van der Waals surface area (Å²) in [4.78, 5) is 37.5. The highest BCUT2D eigenvalue weighted by Crippen LogP contribution is 2.38. The maximum absolute atomic E-state index is 12.9. The van der Waals surface area contributed by atoms with E-state index in [4.69, 9.17) is 71.1 Å². The second-order valence-electron chi connectivity index (χ2n) is 24.7. The first-order valence-electron chi connectivity index (χ1n) is 31.1. The Morgan fingerprint density at radius 2 is 0.561 bits per heavy atom. The molecule has 8 saturated heterocycles. The minimum atomic E-state index is -2.53. The van der Waals surface area contributed by atoms with Crippen molar-refractivity contribution in [2.75, 3.05) is 52.9 Å². The molecule has 26 N–H and O–H groups in total. The Balaban J connectivity index is 1.13. The monoisotopic (exact) mass is 1440 g/mol. The lowest BCUT2D eigenvalue weighted by atomic mass is 9.93. The molecule has 0 aromatic rings. The third-order valence-electron chi connectivity index (χ3n) is 17.8. The van der Waals surface area contributed by atoms with Crippen LogP contribution in [0.15, 0.2) is 0 Å². The smallest absolute Gasteiger partial charge is 0.217 e. The summed E-state index contributed by atoms with van der Waals surface area (Å²) < 4.78 is 87.1. The zero-order valence-corrected chi connectivity index (χ0v) is 52.4. The first-order valence-corrected chi connectivity index (χ1v) is 31.1. The molecule has 8 heterocycles. The summed E-state index contributed by atoms with van der Waals surface area (Å²) in [6.45, 7) is -5.00. The van der Waals surface area contributed by atoms with Crippen LogP contribution in [0.3, 0.4) is 0 Å². The van der Waals surface area contributed by atoms with E-state index in [1.54, 1.807) is 0 Å². The summed E-state index contributed by atoms with van der Waals surface area (Å²) in [5.74, 6) is -2.56. The van der Waals surface area contributed by atoms with E-state index in [9.17, 15) is 132 Å². The molecule has 0 spiro atoms. The average Bonchev–Trinajstić information content (AvgIpc) is 0.768. The summed E-state index contributed by atoms with van der Waals surface area (Å²) >= 11 is 0. The molecule has 0 bridgehead atoms. The lowest BCUT2D eigenvalue weighted by molar-refractivity contribution is -0.397. The van der Waals surface area contributed by atoms with Crippen molar-refractivity contribution in [1.82, 2.24) is 16.0 Å². The molecule has 0 aromatic heterocycles. The fraction of sp³-hybridized carbons (Fsp3) is 0.944. The molecule has 8 fully saturated rings. The molecule has 0 unspecified atom stereocenters. The highest BCUT2D eigenvalue weighted by Gasteiger charge is 2.59. The Bertz CT molecular complexity index is 2510. The van der Waals surface area contributed by atoms with Crippen LogP contribution in [0.25, 0.3) is 0 Å². The van der Waals surface area contributed by atoms with E-state index in [2.05, 4.69) is 16.0 Å². The van der Waals surface area contributed by atoms with Crippen LogP contribution in [0.4, 0.5) is 0 Å². The number of hydrogen-bond acceptors (Lipinski definition) is 41. The van der Waals surface area contributed by atoms with Crippen LogP contribution in [0.1, 0.15) is 20.8 Å². The first kappa shape index (κ1) is 80.6. The van der Waals surface area contributed by atoms with Crippen molar-refractivity contribution in [3.63, 3.8) is 0 Å². The normalized spacial score (nSPS) is 49.5. The van der Waals surface area contributed by atoms with Gasteiger partial charge in [0.2, 0.25) is 17.7 Å². The molecule has 8 rings (SSSR count). The van der Waals surface area contributed by atoms with Crippen LogP contribution in [0.5, 0.6) is 0 Å². The summed E-state index contributed by atoms with van der Waals surface area (Å²) in [6, 6.07) is -5.31. The average molecular weight is 1440 g/mol. The molecule has 98 heavy (non-hydrogen) atoms. The number of aliphatic hydroxyl groups excluding tert-OH is 23. The number of carbonyl (C=O) groups excluding carboxylic acids is 3. The van der Waals surface area contributed by atoms with E-state index >= 15 is 0 Å². The van der Waals surface area contributed by atoms with Crippen LogP contribution in [0, 0.1) is 0 Å². The van der Waals surface area contributed by atoms with Crippen LogP contribution in [0.2, 0.25) is 0 Å².